The SMILES string of the molecule is Cc1cc(NC(=O)C(C)N2C(=O)c3ccccc3C2=O)ccc1[N+](=O)[O-]. The minimum absolute atomic E-state index is 0.0589. The maximum absolute atomic E-state index is 12.5. The molecular weight excluding hydrogens is 338 g/mol. The minimum atomic E-state index is -1.03. The van der Waals surface area contributed by atoms with Gasteiger partial charge in [-0.05, 0) is 38.1 Å². The molecule has 2 aromatic carbocycles. The first kappa shape index (κ1) is 17.3. The molecular formula is C18H15N3O5. The van der Waals surface area contributed by atoms with E-state index in [0.29, 0.717) is 11.3 Å². The number of anilines is 1. The molecule has 1 unspecified atom stereocenters. The maximum atomic E-state index is 12.5. The molecule has 26 heavy (non-hydrogen) atoms. The van der Waals surface area contributed by atoms with Crippen molar-refractivity contribution < 1.29 is 19.3 Å². The smallest absolute Gasteiger partial charge is 0.272 e. The van der Waals surface area contributed by atoms with Crippen LogP contribution in [-0.2, 0) is 4.79 Å². The van der Waals surface area contributed by atoms with Crippen LogP contribution >= 0.6 is 0 Å². The van der Waals surface area contributed by atoms with Crippen LogP contribution in [0.15, 0.2) is 42.5 Å². The Bertz CT molecular complexity index is 919. The largest absolute Gasteiger partial charge is 0.324 e. The predicted molar refractivity (Wildman–Crippen MR) is 92.9 cm³/mol. The van der Waals surface area contributed by atoms with Crippen LogP contribution in [0, 0.1) is 17.0 Å². The third kappa shape index (κ3) is 2.81. The number of nitrogens with one attached hydrogen (secondary N) is 1. The second-order valence-electron chi connectivity index (χ2n) is 5.95. The Balaban J connectivity index is 1.79. The molecule has 8 nitrogen and oxygen atoms in total. The molecule has 1 aliphatic heterocycles. The van der Waals surface area contributed by atoms with E-state index in [9.17, 15) is 24.5 Å². The first-order valence-corrected chi connectivity index (χ1v) is 7.84. The van der Waals surface area contributed by atoms with Gasteiger partial charge in [-0.1, -0.05) is 12.1 Å². The quantitative estimate of drug-likeness (QED) is 0.516. The number of carbonyl (C=O) groups excluding carboxylic acids is 3. The van der Waals surface area contributed by atoms with Crippen LogP contribution in [0.1, 0.15) is 33.2 Å². The van der Waals surface area contributed by atoms with Gasteiger partial charge in [0.1, 0.15) is 6.04 Å². The van der Waals surface area contributed by atoms with Crippen LogP contribution in [0.5, 0.6) is 0 Å². The Morgan fingerprint density at radius 1 is 1.12 bits per heavy atom. The molecule has 0 saturated carbocycles. The van der Waals surface area contributed by atoms with Gasteiger partial charge in [0.2, 0.25) is 5.91 Å². The Morgan fingerprint density at radius 3 is 2.19 bits per heavy atom. The molecule has 1 aliphatic rings. The monoisotopic (exact) mass is 353 g/mol. The zero-order valence-electron chi connectivity index (χ0n) is 14.1. The van der Waals surface area contributed by atoms with Crippen LogP contribution in [-0.4, -0.2) is 33.6 Å². The van der Waals surface area contributed by atoms with Gasteiger partial charge in [0.25, 0.3) is 17.5 Å². The van der Waals surface area contributed by atoms with E-state index in [0.717, 1.165) is 4.90 Å². The molecule has 2 aromatic rings. The molecule has 0 radical (unpaired) electrons. The first-order valence-electron chi connectivity index (χ1n) is 7.84. The fourth-order valence-corrected chi connectivity index (χ4v) is 2.86. The minimum Gasteiger partial charge on any atom is -0.324 e. The van der Waals surface area contributed by atoms with E-state index in [-0.39, 0.29) is 16.8 Å². The standard InChI is InChI=1S/C18H15N3O5/c1-10-9-12(7-8-15(10)21(25)26)19-16(22)11(2)20-17(23)13-5-3-4-6-14(13)18(20)24/h3-9,11H,1-2H3,(H,19,22). The maximum Gasteiger partial charge on any atom is 0.272 e. The van der Waals surface area contributed by atoms with Crippen molar-refractivity contribution in [3.8, 4) is 0 Å². The summed E-state index contributed by atoms with van der Waals surface area (Å²) in [5.74, 6) is -1.60. The van der Waals surface area contributed by atoms with Gasteiger partial charge >= 0.3 is 0 Å². The molecule has 0 aromatic heterocycles. The van der Waals surface area contributed by atoms with Crippen molar-refractivity contribution in [1.29, 1.82) is 0 Å². The van der Waals surface area contributed by atoms with Crippen molar-refractivity contribution in [2.45, 2.75) is 19.9 Å². The van der Waals surface area contributed by atoms with Crippen molar-refractivity contribution in [3.63, 3.8) is 0 Å². The third-order valence-electron chi connectivity index (χ3n) is 4.25. The lowest BCUT2D eigenvalue weighted by molar-refractivity contribution is -0.385. The molecule has 1 N–H and O–H groups in total. The van der Waals surface area contributed by atoms with Gasteiger partial charge in [0.15, 0.2) is 0 Å². The van der Waals surface area contributed by atoms with Crippen LogP contribution < -0.4 is 5.32 Å². The summed E-state index contributed by atoms with van der Waals surface area (Å²) < 4.78 is 0. The number of nitro groups is 1. The van der Waals surface area contributed by atoms with E-state index in [4.69, 9.17) is 0 Å². The number of carbonyl (C=O) groups is 3. The number of nitro benzene ring substituents is 1. The van der Waals surface area contributed by atoms with Gasteiger partial charge < -0.3 is 5.32 Å². The second-order valence-corrected chi connectivity index (χ2v) is 5.95. The zero-order valence-corrected chi connectivity index (χ0v) is 14.1. The number of benzene rings is 2. The molecule has 0 spiro atoms. The lowest BCUT2D eigenvalue weighted by atomic mass is 10.1. The number of amides is 3. The van der Waals surface area contributed by atoms with Gasteiger partial charge in [-0.15, -0.1) is 0 Å². The fraction of sp³-hybridized carbons (Fsp3) is 0.167. The Kier molecular flexibility index (Phi) is 4.25. The number of fused-ring (bicyclic) bond motifs is 1. The number of imide groups is 1. The van der Waals surface area contributed by atoms with Crippen molar-refractivity contribution in [1.82, 2.24) is 4.90 Å². The summed E-state index contributed by atoms with van der Waals surface area (Å²) in [4.78, 5) is 48.6. The topological polar surface area (TPSA) is 110 Å². The van der Waals surface area contributed by atoms with Gasteiger partial charge in [-0.2, -0.15) is 0 Å². The molecule has 3 amide bonds. The number of nitrogens with zero attached hydrogens (tertiary/aromatic N) is 2. The molecule has 0 aliphatic carbocycles. The number of hydrogen-bond acceptors (Lipinski definition) is 5. The highest BCUT2D eigenvalue weighted by Crippen LogP contribution is 2.26. The van der Waals surface area contributed by atoms with Crippen molar-refractivity contribution in [2.75, 3.05) is 5.32 Å². The number of hydrogen-bond donors (Lipinski definition) is 1. The lowest BCUT2D eigenvalue weighted by Crippen LogP contribution is -2.45. The highest BCUT2D eigenvalue weighted by atomic mass is 16.6. The summed E-state index contributed by atoms with van der Waals surface area (Å²) in [6.07, 6.45) is 0. The van der Waals surface area contributed by atoms with Gasteiger partial charge in [-0.25, -0.2) is 0 Å². The Hall–Kier alpha value is -3.55. The predicted octanol–water partition coefficient (Wildman–Crippen LogP) is 2.53. The van der Waals surface area contributed by atoms with Crippen LogP contribution in [0.4, 0.5) is 11.4 Å². The molecule has 0 saturated heterocycles. The molecule has 8 heteroatoms. The molecule has 0 fully saturated rings. The van der Waals surface area contributed by atoms with Crippen molar-refractivity contribution in [3.05, 3.63) is 69.3 Å². The highest BCUT2D eigenvalue weighted by Gasteiger charge is 2.40. The average molecular weight is 353 g/mol. The summed E-state index contributed by atoms with van der Waals surface area (Å²) in [5, 5.41) is 13.4. The normalized spacial score (nSPS) is 14.2. The van der Waals surface area contributed by atoms with Gasteiger partial charge in [0, 0.05) is 17.3 Å². The number of rotatable bonds is 4. The Labute approximate surface area is 148 Å². The Morgan fingerprint density at radius 2 is 1.69 bits per heavy atom. The van der Waals surface area contributed by atoms with Crippen LogP contribution in [0.25, 0.3) is 0 Å². The van der Waals surface area contributed by atoms with Crippen molar-refractivity contribution in [2.24, 2.45) is 0 Å². The van der Waals surface area contributed by atoms with Crippen LogP contribution in [0.3, 0.4) is 0 Å². The average Bonchev–Trinajstić information content (AvgIpc) is 2.85. The zero-order chi connectivity index (χ0) is 19.0. The van der Waals surface area contributed by atoms with Crippen LogP contribution in [0.2, 0.25) is 0 Å². The fourth-order valence-electron chi connectivity index (χ4n) is 2.86. The van der Waals surface area contributed by atoms with E-state index < -0.39 is 28.7 Å². The lowest BCUT2D eigenvalue weighted by Gasteiger charge is -2.21. The summed E-state index contributed by atoms with van der Waals surface area (Å²) >= 11 is 0. The molecule has 0 bridgehead atoms. The highest BCUT2D eigenvalue weighted by molar-refractivity contribution is 6.23. The third-order valence-corrected chi connectivity index (χ3v) is 4.25. The number of aryl methyl sites for hydroxylation is 1. The summed E-state index contributed by atoms with van der Waals surface area (Å²) in [6.45, 7) is 3.01. The summed E-state index contributed by atoms with van der Waals surface area (Å²) in [7, 11) is 0. The van der Waals surface area contributed by atoms with E-state index in [1.807, 2.05) is 0 Å². The van der Waals surface area contributed by atoms with E-state index >= 15 is 0 Å². The first-order chi connectivity index (χ1) is 12.3. The van der Waals surface area contributed by atoms with Gasteiger partial charge in [0.05, 0.1) is 16.1 Å². The summed E-state index contributed by atoms with van der Waals surface area (Å²) in [6, 6.07) is 9.51. The second kappa shape index (κ2) is 6.40. The van der Waals surface area contributed by atoms with E-state index in [1.165, 1.54) is 25.1 Å². The molecule has 1 atom stereocenters. The summed E-state index contributed by atoms with van der Waals surface area (Å²) in [5.41, 5.74) is 1.21. The molecule has 3 rings (SSSR count). The molecule has 1 heterocycles. The van der Waals surface area contributed by atoms with E-state index in [2.05, 4.69) is 5.32 Å². The molecule has 132 valence electrons. The van der Waals surface area contributed by atoms with E-state index in [1.54, 1.807) is 31.2 Å². The van der Waals surface area contributed by atoms with Crippen molar-refractivity contribution >= 4 is 29.1 Å². The van der Waals surface area contributed by atoms with Gasteiger partial charge in [-0.3, -0.25) is 29.4 Å².